The lowest BCUT2D eigenvalue weighted by molar-refractivity contribution is -0.180. The van der Waals surface area contributed by atoms with Gasteiger partial charge in [0.05, 0.1) is 11.8 Å². The smallest absolute Gasteiger partial charge is 0.307 e. The third-order valence-electron chi connectivity index (χ3n) is 5.15. The third kappa shape index (κ3) is 1.65. The lowest BCUT2D eigenvalue weighted by Crippen LogP contribution is -2.56. The molecule has 0 aromatic carbocycles. The van der Waals surface area contributed by atoms with Gasteiger partial charge in [-0.1, -0.05) is 13.8 Å². The Morgan fingerprint density at radius 2 is 1.65 bits per heavy atom. The summed E-state index contributed by atoms with van der Waals surface area (Å²) in [5.41, 5.74) is -0.302. The van der Waals surface area contributed by atoms with Crippen LogP contribution in [0, 0.1) is 29.1 Å². The summed E-state index contributed by atoms with van der Waals surface area (Å²) in [6.07, 6.45) is 3.49. The van der Waals surface area contributed by atoms with E-state index >= 15 is 0 Å². The molecule has 0 spiro atoms. The van der Waals surface area contributed by atoms with Crippen LogP contribution in [0.25, 0.3) is 0 Å². The molecule has 96 valence electrons. The van der Waals surface area contributed by atoms with Gasteiger partial charge in [0.15, 0.2) is 0 Å². The average molecular weight is 240 g/mol. The van der Waals surface area contributed by atoms with E-state index in [4.69, 9.17) is 0 Å². The molecule has 0 aliphatic heterocycles. The van der Waals surface area contributed by atoms with E-state index in [-0.39, 0.29) is 17.3 Å². The van der Waals surface area contributed by atoms with Gasteiger partial charge in [-0.3, -0.25) is 9.59 Å². The van der Waals surface area contributed by atoms with Crippen molar-refractivity contribution in [3.8, 4) is 0 Å². The minimum Gasteiger partial charge on any atom is -0.481 e. The molecule has 4 nitrogen and oxygen atoms in total. The molecule has 0 radical (unpaired) electrons. The number of hydrogen-bond acceptors (Lipinski definition) is 2. The molecule has 2 bridgehead atoms. The summed E-state index contributed by atoms with van der Waals surface area (Å²) in [5.74, 6) is -2.94. The summed E-state index contributed by atoms with van der Waals surface area (Å²) in [5, 5.41) is 18.7. The molecule has 0 heterocycles. The Hall–Kier alpha value is -1.06. The highest BCUT2D eigenvalue weighted by Crippen LogP contribution is 2.60. The van der Waals surface area contributed by atoms with Crippen molar-refractivity contribution in [3.63, 3.8) is 0 Å². The fraction of sp³-hybridized carbons (Fsp3) is 0.846. The van der Waals surface area contributed by atoms with Gasteiger partial charge >= 0.3 is 11.9 Å². The van der Waals surface area contributed by atoms with E-state index in [0.29, 0.717) is 0 Å². The van der Waals surface area contributed by atoms with Gasteiger partial charge in [0.1, 0.15) is 0 Å². The van der Waals surface area contributed by atoms with Crippen LogP contribution in [-0.4, -0.2) is 22.2 Å². The highest BCUT2D eigenvalue weighted by molar-refractivity contribution is 5.81. The van der Waals surface area contributed by atoms with Gasteiger partial charge in [-0.25, -0.2) is 0 Å². The Morgan fingerprint density at radius 1 is 1.12 bits per heavy atom. The van der Waals surface area contributed by atoms with Crippen LogP contribution in [0.5, 0.6) is 0 Å². The summed E-state index contributed by atoms with van der Waals surface area (Å²) in [7, 11) is 0. The molecule has 17 heavy (non-hydrogen) atoms. The van der Waals surface area contributed by atoms with Crippen molar-refractivity contribution in [3.05, 3.63) is 0 Å². The van der Waals surface area contributed by atoms with Crippen LogP contribution >= 0.6 is 0 Å². The van der Waals surface area contributed by atoms with Crippen molar-refractivity contribution in [1.29, 1.82) is 0 Å². The third-order valence-corrected chi connectivity index (χ3v) is 5.15. The van der Waals surface area contributed by atoms with Gasteiger partial charge in [-0.15, -0.1) is 0 Å². The Morgan fingerprint density at radius 3 is 2.00 bits per heavy atom. The van der Waals surface area contributed by atoms with Crippen molar-refractivity contribution < 1.29 is 19.8 Å². The molecule has 2 unspecified atom stereocenters. The molecule has 0 amide bonds. The highest BCUT2D eigenvalue weighted by Gasteiger charge is 2.59. The summed E-state index contributed by atoms with van der Waals surface area (Å²) in [6, 6.07) is 0. The fourth-order valence-corrected chi connectivity index (χ4v) is 4.16. The number of aliphatic carboxylic acids is 2. The molecule has 0 aromatic rings. The second-order valence-corrected chi connectivity index (χ2v) is 5.91. The largest absolute Gasteiger partial charge is 0.481 e. The Kier molecular flexibility index (Phi) is 2.92. The predicted octanol–water partition coefficient (Wildman–Crippen LogP) is 2.23. The van der Waals surface area contributed by atoms with Crippen molar-refractivity contribution >= 4 is 11.9 Å². The van der Waals surface area contributed by atoms with Crippen LogP contribution in [0.4, 0.5) is 0 Å². The first-order chi connectivity index (χ1) is 7.90. The normalized spacial score (nSPS) is 40.5. The molecule has 0 aromatic heterocycles. The fourth-order valence-electron chi connectivity index (χ4n) is 4.16. The van der Waals surface area contributed by atoms with E-state index in [9.17, 15) is 19.8 Å². The summed E-state index contributed by atoms with van der Waals surface area (Å²) in [6.45, 7) is 4.06. The highest BCUT2D eigenvalue weighted by atomic mass is 16.4. The second-order valence-electron chi connectivity index (χ2n) is 5.91. The standard InChI is InChI=1S/C13H20O4/c1-7(2)13-5-3-8(4-6-13)9(11(14)15)10(13)12(16)17/h7-10H,3-6H2,1-2H3,(H,14,15)(H,16,17). The molecule has 3 saturated carbocycles. The van der Waals surface area contributed by atoms with Crippen molar-refractivity contribution in [2.45, 2.75) is 39.5 Å². The Balaban J connectivity index is 2.44. The molecular weight excluding hydrogens is 220 g/mol. The molecule has 3 aliphatic rings. The van der Waals surface area contributed by atoms with Crippen LogP contribution in [0.15, 0.2) is 0 Å². The first-order valence-corrected chi connectivity index (χ1v) is 6.36. The number of fused-ring (bicyclic) bond motifs is 3. The lowest BCUT2D eigenvalue weighted by atomic mass is 9.47. The number of hydrogen-bond donors (Lipinski definition) is 2. The molecule has 3 aliphatic carbocycles. The maximum atomic E-state index is 11.5. The predicted molar refractivity (Wildman–Crippen MR) is 61.5 cm³/mol. The molecule has 4 heteroatoms. The SMILES string of the molecule is CC(C)C12CCC(CC1)C(C(=O)O)C2C(=O)O. The summed E-state index contributed by atoms with van der Waals surface area (Å²) in [4.78, 5) is 22.9. The zero-order valence-electron chi connectivity index (χ0n) is 10.3. The first kappa shape index (κ1) is 12.4. The zero-order valence-corrected chi connectivity index (χ0v) is 10.3. The van der Waals surface area contributed by atoms with E-state index in [1.165, 1.54) is 0 Å². The number of carbonyl (C=O) groups is 2. The van der Waals surface area contributed by atoms with Crippen LogP contribution in [0.3, 0.4) is 0 Å². The molecule has 2 atom stereocenters. The van der Waals surface area contributed by atoms with Crippen molar-refractivity contribution in [1.82, 2.24) is 0 Å². The van der Waals surface area contributed by atoms with Crippen molar-refractivity contribution in [2.24, 2.45) is 29.1 Å². The van der Waals surface area contributed by atoms with E-state index in [2.05, 4.69) is 0 Å². The Bertz CT molecular complexity index is 339. The van der Waals surface area contributed by atoms with Gasteiger partial charge in [0.25, 0.3) is 0 Å². The van der Waals surface area contributed by atoms with Gasteiger partial charge in [-0.05, 0) is 42.9 Å². The molecule has 3 fully saturated rings. The van der Waals surface area contributed by atoms with E-state index in [1.807, 2.05) is 13.8 Å². The van der Waals surface area contributed by atoms with Crippen LogP contribution in [0.2, 0.25) is 0 Å². The zero-order chi connectivity index (χ0) is 12.8. The summed E-state index contributed by atoms with van der Waals surface area (Å²) < 4.78 is 0. The number of carboxylic acids is 2. The molecule has 0 saturated heterocycles. The number of rotatable bonds is 3. The maximum absolute atomic E-state index is 11.5. The van der Waals surface area contributed by atoms with Crippen LogP contribution in [0.1, 0.15) is 39.5 Å². The van der Waals surface area contributed by atoms with E-state index in [0.717, 1.165) is 25.7 Å². The van der Waals surface area contributed by atoms with E-state index < -0.39 is 23.8 Å². The minimum atomic E-state index is -0.924. The van der Waals surface area contributed by atoms with Crippen LogP contribution < -0.4 is 0 Å². The van der Waals surface area contributed by atoms with Gasteiger partial charge in [-0.2, -0.15) is 0 Å². The maximum Gasteiger partial charge on any atom is 0.307 e. The topological polar surface area (TPSA) is 74.6 Å². The minimum absolute atomic E-state index is 0.0641. The number of carboxylic acid groups (broad SMARTS) is 2. The second kappa shape index (κ2) is 4.00. The monoisotopic (exact) mass is 240 g/mol. The molecule has 3 rings (SSSR count). The quantitative estimate of drug-likeness (QED) is 0.793. The van der Waals surface area contributed by atoms with E-state index in [1.54, 1.807) is 0 Å². The summed E-state index contributed by atoms with van der Waals surface area (Å²) >= 11 is 0. The van der Waals surface area contributed by atoms with Gasteiger partial charge in [0, 0.05) is 0 Å². The van der Waals surface area contributed by atoms with Gasteiger partial charge < -0.3 is 10.2 Å². The average Bonchev–Trinajstić information content (AvgIpc) is 2.28. The first-order valence-electron chi connectivity index (χ1n) is 6.36. The van der Waals surface area contributed by atoms with Crippen molar-refractivity contribution in [2.75, 3.05) is 0 Å². The molecule has 2 N–H and O–H groups in total. The van der Waals surface area contributed by atoms with Gasteiger partial charge in [0.2, 0.25) is 0 Å². The lowest BCUT2D eigenvalue weighted by Gasteiger charge is -2.55. The molecular formula is C13H20O4. The Labute approximate surface area is 101 Å². The van der Waals surface area contributed by atoms with Crippen LogP contribution in [-0.2, 0) is 9.59 Å².